The van der Waals surface area contributed by atoms with E-state index in [4.69, 9.17) is 10.2 Å². The molecule has 10 nitrogen and oxygen atoms in total. The number of carbonyl (C=O) groups is 2. The van der Waals surface area contributed by atoms with Gasteiger partial charge in [0.1, 0.15) is 0 Å². The molecule has 0 bridgehead atoms. The normalized spacial score (nSPS) is 10.7. The molecule has 0 aliphatic carbocycles. The molecule has 0 aliphatic heterocycles. The molecule has 128 valence electrons. The highest BCUT2D eigenvalue weighted by atomic mass is 16.4. The molecule has 1 rings (SSSR count). The van der Waals surface area contributed by atoms with Gasteiger partial charge in [-0.25, -0.2) is 28.1 Å². The monoisotopic (exact) mass is 329 g/mol. The maximum atomic E-state index is 12.2. The van der Waals surface area contributed by atoms with Crippen LogP contribution in [0.4, 0.5) is 0 Å². The van der Waals surface area contributed by atoms with Gasteiger partial charge in [-0.05, 0) is 6.42 Å². The van der Waals surface area contributed by atoms with Gasteiger partial charge in [-0.15, -0.1) is 0 Å². The highest BCUT2D eigenvalue weighted by Gasteiger charge is 2.16. The molecule has 0 amide bonds. The van der Waals surface area contributed by atoms with Crippen molar-refractivity contribution < 1.29 is 19.8 Å². The van der Waals surface area contributed by atoms with Gasteiger partial charge in [-0.2, -0.15) is 0 Å². The molecule has 0 atom stereocenters. The first-order chi connectivity index (χ1) is 10.8. The zero-order chi connectivity index (χ0) is 17.6. The topological polar surface area (TPSA) is 141 Å². The van der Waals surface area contributed by atoms with Crippen molar-refractivity contribution in [3.05, 3.63) is 31.5 Å². The number of unbranched alkanes of at least 4 members (excludes halogenated alkanes) is 1. The molecule has 0 radical (unpaired) electrons. The number of carboxylic acids is 2. The fourth-order valence-electron chi connectivity index (χ4n) is 1.99. The predicted molar refractivity (Wildman–Crippen MR) is 78.6 cm³/mol. The molecule has 1 aromatic rings. The molecule has 1 aromatic heterocycles. The fraction of sp³-hybridized carbons (Fsp3) is 0.615. The van der Waals surface area contributed by atoms with Crippen LogP contribution in [0.5, 0.6) is 0 Å². The smallest absolute Gasteiger partial charge is 0.336 e. The van der Waals surface area contributed by atoms with Crippen LogP contribution in [0.1, 0.15) is 32.6 Å². The first-order valence-corrected chi connectivity index (χ1v) is 7.17. The third kappa shape index (κ3) is 4.66. The summed E-state index contributed by atoms with van der Waals surface area (Å²) in [5, 5.41) is 17.4. The number of carboxylic acid groups (broad SMARTS) is 2. The van der Waals surface area contributed by atoms with Crippen LogP contribution < -0.4 is 17.1 Å². The molecule has 0 fully saturated rings. The van der Waals surface area contributed by atoms with Gasteiger partial charge < -0.3 is 10.2 Å². The molecule has 0 saturated heterocycles. The molecule has 2 N–H and O–H groups in total. The molecule has 0 aromatic carbocycles. The van der Waals surface area contributed by atoms with Crippen molar-refractivity contribution in [3.63, 3.8) is 0 Å². The van der Waals surface area contributed by atoms with Gasteiger partial charge in [0.2, 0.25) is 0 Å². The Labute approximate surface area is 130 Å². The zero-order valence-corrected chi connectivity index (χ0v) is 12.7. The Bertz CT molecular complexity index is 700. The highest BCUT2D eigenvalue weighted by molar-refractivity contribution is 5.66. The second-order valence-corrected chi connectivity index (χ2v) is 4.94. The summed E-state index contributed by atoms with van der Waals surface area (Å²) in [7, 11) is 0. The third-order valence-corrected chi connectivity index (χ3v) is 3.22. The molecular weight excluding hydrogens is 310 g/mol. The highest BCUT2D eigenvalue weighted by Crippen LogP contribution is 1.90. The maximum absolute atomic E-state index is 12.2. The maximum Gasteiger partial charge on any atom is 0.336 e. The third-order valence-electron chi connectivity index (χ3n) is 3.22. The Hall–Kier alpha value is -2.65. The van der Waals surface area contributed by atoms with Crippen LogP contribution in [0.25, 0.3) is 0 Å². The average molecular weight is 329 g/mol. The van der Waals surface area contributed by atoms with Crippen molar-refractivity contribution in [1.29, 1.82) is 0 Å². The summed E-state index contributed by atoms with van der Waals surface area (Å²) < 4.78 is 2.16. The van der Waals surface area contributed by atoms with Crippen LogP contribution in [-0.4, -0.2) is 35.9 Å². The Morgan fingerprint density at radius 1 is 0.783 bits per heavy atom. The van der Waals surface area contributed by atoms with Gasteiger partial charge in [0, 0.05) is 19.6 Å². The van der Waals surface area contributed by atoms with E-state index in [0.29, 0.717) is 22.0 Å². The number of rotatable bonds is 9. The van der Waals surface area contributed by atoms with Crippen LogP contribution in [0.2, 0.25) is 0 Å². The Kier molecular flexibility index (Phi) is 6.49. The lowest BCUT2D eigenvalue weighted by molar-refractivity contribution is -0.138. The summed E-state index contributed by atoms with van der Waals surface area (Å²) in [5.74, 6) is -2.39. The number of hydrogen-bond acceptors (Lipinski definition) is 5. The van der Waals surface area contributed by atoms with Gasteiger partial charge >= 0.3 is 29.0 Å². The second-order valence-electron chi connectivity index (χ2n) is 4.94. The lowest BCUT2D eigenvalue weighted by Crippen LogP contribution is -2.54. The quantitative estimate of drug-likeness (QED) is 0.587. The summed E-state index contributed by atoms with van der Waals surface area (Å²) in [6.45, 7) is 1.17. The van der Waals surface area contributed by atoms with E-state index in [2.05, 4.69) is 0 Å². The van der Waals surface area contributed by atoms with Crippen molar-refractivity contribution in [2.75, 3.05) is 0 Å². The van der Waals surface area contributed by atoms with Gasteiger partial charge in [0.25, 0.3) is 0 Å². The predicted octanol–water partition coefficient (Wildman–Crippen LogP) is -1.08. The average Bonchev–Trinajstić information content (AvgIpc) is 2.46. The molecule has 1 heterocycles. The van der Waals surface area contributed by atoms with Crippen LogP contribution in [0.15, 0.2) is 14.4 Å². The first kappa shape index (κ1) is 18.4. The van der Waals surface area contributed by atoms with Gasteiger partial charge in [-0.1, -0.05) is 13.3 Å². The molecule has 0 unspecified atom stereocenters. The minimum absolute atomic E-state index is 0.0780. The molecular formula is C13H19N3O7. The van der Waals surface area contributed by atoms with E-state index in [0.717, 1.165) is 4.57 Å². The SMILES string of the molecule is CCCCn1c(=O)n(CCC(=O)O)c(=O)n(CCC(=O)O)c1=O. The van der Waals surface area contributed by atoms with E-state index < -0.39 is 41.8 Å². The lowest BCUT2D eigenvalue weighted by atomic mass is 10.3. The summed E-state index contributed by atoms with van der Waals surface area (Å²) in [6, 6.07) is 0. The van der Waals surface area contributed by atoms with Gasteiger partial charge in [0.05, 0.1) is 12.8 Å². The van der Waals surface area contributed by atoms with Crippen molar-refractivity contribution in [1.82, 2.24) is 13.7 Å². The Balaban J connectivity index is 3.43. The lowest BCUT2D eigenvalue weighted by Gasteiger charge is -2.12. The van der Waals surface area contributed by atoms with Crippen molar-refractivity contribution in [2.45, 2.75) is 52.2 Å². The van der Waals surface area contributed by atoms with Crippen LogP contribution >= 0.6 is 0 Å². The number of aromatic nitrogens is 3. The van der Waals surface area contributed by atoms with E-state index in [1.165, 1.54) is 0 Å². The molecule has 10 heteroatoms. The molecule has 23 heavy (non-hydrogen) atoms. The van der Waals surface area contributed by atoms with Gasteiger partial charge in [0.15, 0.2) is 0 Å². The number of hydrogen-bond donors (Lipinski definition) is 2. The summed E-state index contributed by atoms with van der Waals surface area (Å²) >= 11 is 0. The van der Waals surface area contributed by atoms with Crippen LogP contribution in [-0.2, 0) is 29.2 Å². The van der Waals surface area contributed by atoms with E-state index in [1.54, 1.807) is 0 Å². The van der Waals surface area contributed by atoms with E-state index in [1.807, 2.05) is 6.92 Å². The van der Waals surface area contributed by atoms with E-state index in [-0.39, 0.29) is 19.6 Å². The largest absolute Gasteiger partial charge is 0.481 e. The Morgan fingerprint density at radius 3 is 1.43 bits per heavy atom. The molecule has 0 aliphatic rings. The van der Waals surface area contributed by atoms with E-state index in [9.17, 15) is 24.0 Å². The zero-order valence-electron chi connectivity index (χ0n) is 12.7. The van der Waals surface area contributed by atoms with Crippen LogP contribution in [0.3, 0.4) is 0 Å². The second kappa shape index (κ2) is 8.11. The standard InChI is InChI=1S/C13H19N3O7/c1-2-3-6-14-11(21)15(7-4-9(17)18)13(23)16(12(14)22)8-5-10(19)20/h2-8H2,1H3,(H,17,18)(H,19,20). The molecule has 0 saturated carbocycles. The first-order valence-electron chi connectivity index (χ1n) is 7.17. The minimum Gasteiger partial charge on any atom is -0.481 e. The number of aliphatic carboxylic acids is 2. The summed E-state index contributed by atoms with van der Waals surface area (Å²) in [5.41, 5.74) is -2.74. The summed E-state index contributed by atoms with van der Waals surface area (Å²) in [4.78, 5) is 57.9. The summed E-state index contributed by atoms with van der Waals surface area (Å²) in [6.07, 6.45) is 0.306. The van der Waals surface area contributed by atoms with Crippen molar-refractivity contribution >= 4 is 11.9 Å². The molecule has 0 spiro atoms. The van der Waals surface area contributed by atoms with Crippen molar-refractivity contribution in [3.8, 4) is 0 Å². The number of nitrogens with zero attached hydrogens (tertiary/aromatic N) is 3. The fourth-order valence-corrected chi connectivity index (χ4v) is 1.99. The minimum atomic E-state index is -1.19. The van der Waals surface area contributed by atoms with Gasteiger partial charge in [-0.3, -0.25) is 9.59 Å². The van der Waals surface area contributed by atoms with Crippen molar-refractivity contribution in [2.24, 2.45) is 0 Å². The Morgan fingerprint density at radius 2 is 1.13 bits per heavy atom. The van der Waals surface area contributed by atoms with E-state index >= 15 is 0 Å². The van der Waals surface area contributed by atoms with Crippen LogP contribution in [0, 0.1) is 0 Å².